The zero-order valence-electron chi connectivity index (χ0n) is 24.7. The highest BCUT2D eigenvalue weighted by molar-refractivity contribution is 6.31. The second kappa shape index (κ2) is 12.4. The van der Waals surface area contributed by atoms with E-state index in [1.165, 1.54) is 4.68 Å². The van der Waals surface area contributed by atoms with E-state index >= 15 is 0 Å². The number of carboxylic acid groups (broad SMARTS) is 1. The number of alkyl halides is 2. The van der Waals surface area contributed by atoms with Gasteiger partial charge in [0.2, 0.25) is 11.8 Å². The molecule has 1 saturated carbocycles. The van der Waals surface area contributed by atoms with Gasteiger partial charge in [0.1, 0.15) is 23.7 Å². The molecule has 5 rings (SSSR count). The first-order valence-electron chi connectivity index (χ1n) is 14.9. The van der Waals surface area contributed by atoms with Crippen molar-refractivity contribution in [1.82, 2.24) is 24.8 Å². The van der Waals surface area contributed by atoms with Crippen LogP contribution in [0, 0.1) is 11.3 Å². The lowest BCUT2D eigenvalue weighted by molar-refractivity contribution is -0.162. The lowest BCUT2D eigenvalue weighted by atomic mass is 9.66. The van der Waals surface area contributed by atoms with Gasteiger partial charge in [-0.25, -0.2) is 13.5 Å². The summed E-state index contributed by atoms with van der Waals surface area (Å²) in [6, 6.07) is 2.33. The summed E-state index contributed by atoms with van der Waals surface area (Å²) in [6.07, 6.45) is 1.05. The Morgan fingerprint density at radius 2 is 1.95 bits per heavy atom. The first kappa shape index (κ1) is 31.2. The molecule has 2 aromatic rings. The number of carbonyl (C=O) groups is 3. The number of aliphatic carboxylic acids is 1. The first-order valence-corrected chi connectivity index (χ1v) is 15.3. The van der Waals surface area contributed by atoms with E-state index in [9.17, 15) is 28.3 Å². The van der Waals surface area contributed by atoms with Gasteiger partial charge < -0.3 is 19.6 Å². The molecule has 3 aliphatic rings. The monoisotopic (exact) mass is 621 g/mol. The summed E-state index contributed by atoms with van der Waals surface area (Å²) < 4.78 is 35.3. The van der Waals surface area contributed by atoms with E-state index in [0.29, 0.717) is 61.5 Å². The fraction of sp³-hybridized carbons (Fsp3) is 0.633. The minimum absolute atomic E-state index is 0.00171. The molecule has 3 heterocycles. The van der Waals surface area contributed by atoms with Crippen molar-refractivity contribution in [3.8, 4) is 5.75 Å². The number of rotatable bonds is 9. The molecule has 234 valence electrons. The second-order valence-corrected chi connectivity index (χ2v) is 12.7. The average molecular weight is 622 g/mol. The molecule has 1 aromatic carbocycles. The largest absolute Gasteiger partial charge is 0.487 e. The number of benzene rings is 1. The summed E-state index contributed by atoms with van der Waals surface area (Å²) in [4.78, 5) is 42.8. The van der Waals surface area contributed by atoms with Gasteiger partial charge in [-0.15, -0.1) is 5.10 Å². The Morgan fingerprint density at radius 3 is 2.60 bits per heavy atom. The molecule has 13 heteroatoms. The number of amides is 2. The number of aromatic nitrogens is 3. The normalized spacial score (nSPS) is 24.1. The molecule has 10 nitrogen and oxygen atoms in total. The van der Waals surface area contributed by atoms with Gasteiger partial charge in [0.25, 0.3) is 6.43 Å². The summed E-state index contributed by atoms with van der Waals surface area (Å²) in [5.74, 6) is -1.66. The summed E-state index contributed by atoms with van der Waals surface area (Å²) in [5.41, 5.74) is -0.162. The number of fused-ring (bicyclic) bond motifs is 1. The van der Waals surface area contributed by atoms with Crippen LogP contribution in [0.3, 0.4) is 0 Å². The van der Waals surface area contributed by atoms with Gasteiger partial charge in [0.05, 0.1) is 17.4 Å². The molecule has 2 aliphatic heterocycles. The molecule has 0 spiro atoms. The molecule has 2 unspecified atom stereocenters. The van der Waals surface area contributed by atoms with Crippen LogP contribution < -0.4 is 4.74 Å². The van der Waals surface area contributed by atoms with E-state index in [-0.39, 0.29) is 42.4 Å². The average Bonchev–Trinajstić information content (AvgIpc) is 3.59. The van der Waals surface area contributed by atoms with Crippen LogP contribution in [0.15, 0.2) is 12.1 Å². The van der Waals surface area contributed by atoms with Crippen LogP contribution in [0.25, 0.3) is 0 Å². The van der Waals surface area contributed by atoms with E-state index in [1.807, 2.05) is 0 Å². The van der Waals surface area contributed by atoms with E-state index in [0.717, 1.165) is 18.4 Å². The highest BCUT2D eigenvalue weighted by Crippen LogP contribution is 2.46. The minimum Gasteiger partial charge on any atom is -0.487 e. The van der Waals surface area contributed by atoms with Crippen molar-refractivity contribution in [2.45, 2.75) is 90.8 Å². The highest BCUT2D eigenvalue weighted by atomic mass is 35.5. The lowest BCUT2D eigenvalue weighted by Crippen LogP contribution is -2.52. The van der Waals surface area contributed by atoms with Crippen LogP contribution in [-0.4, -0.2) is 67.3 Å². The molecule has 1 aliphatic carbocycles. The number of halogens is 3. The smallest absolute Gasteiger partial charge is 0.310 e. The fourth-order valence-corrected chi connectivity index (χ4v) is 7.10. The molecular weight excluding hydrogens is 584 g/mol. The number of nitrogens with zero attached hydrogens (tertiary/aromatic N) is 5. The second-order valence-electron chi connectivity index (χ2n) is 12.2. The lowest BCUT2D eigenvalue weighted by Gasteiger charge is -2.45. The third-order valence-electron chi connectivity index (χ3n) is 9.28. The van der Waals surface area contributed by atoms with Crippen LogP contribution in [-0.2, 0) is 27.4 Å². The van der Waals surface area contributed by atoms with Crippen molar-refractivity contribution in [2.24, 2.45) is 11.3 Å². The summed E-state index contributed by atoms with van der Waals surface area (Å²) >= 11 is 6.67. The van der Waals surface area contributed by atoms with Gasteiger partial charge in [-0.05, 0) is 64.2 Å². The number of hydrogen-bond donors (Lipinski definition) is 1. The van der Waals surface area contributed by atoms with Crippen molar-refractivity contribution in [1.29, 1.82) is 0 Å². The van der Waals surface area contributed by atoms with Gasteiger partial charge in [0, 0.05) is 42.7 Å². The summed E-state index contributed by atoms with van der Waals surface area (Å²) in [7, 11) is 0. The maximum atomic E-state index is 14.3. The standard InChI is InChI=1S/C30H38ClF2N5O5/c1-17(2)38-26(27(32)33)21(34-35-38)16-43-23-10-9-20(31)18-11-14-37(22(25(18)23)15-36-13-6-8-24(36)39)28(40)19-7-4-5-12-30(19,3)29(41)42/h9-10,17,19,22,27H,4-8,11-16H2,1-3H3,(H,41,42)/t19?,22-,30?/m1/s1. The number of carbonyl (C=O) groups excluding carboxylic acids is 2. The first-order chi connectivity index (χ1) is 20.4. The molecule has 2 fully saturated rings. The maximum Gasteiger partial charge on any atom is 0.310 e. The number of likely N-dealkylation sites (tertiary alicyclic amines) is 1. The number of carboxylic acids is 1. The Balaban J connectivity index is 1.53. The van der Waals surface area contributed by atoms with Gasteiger partial charge >= 0.3 is 5.97 Å². The van der Waals surface area contributed by atoms with E-state index < -0.39 is 29.8 Å². The molecule has 3 atom stereocenters. The Kier molecular flexibility index (Phi) is 8.97. The van der Waals surface area contributed by atoms with Crippen LogP contribution in [0.2, 0.25) is 5.02 Å². The van der Waals surface area contributed by atoms with E-state index in [2.05, 4.69) is 10.3 Å². The molecule has 1 saturated heterocycles. The van der Waals surface area contributed by atoms with Gasteiger partial charge in [0.15, 0.2) is 0 Å². The third-order valence-corrected chi connectivity index (χ3v) is 9.63. The molecule has 1 aromatic heterocycles. The Hall–Kier alpha value is -3.28. The Labute approximate surface area is 254 Å². The van der Waals surface area contributed by atoms with Gasteiger partial charge in [-0.1, -0.05) is 29.7 Å². The molecule has 0 bridgehead atoms. The Bertz CT molecular complexity index is 1400. The molecular formula is C30H38ClF2N5O5. The van der Waals surface area contributed by atoms with Crippen LogP contribution in [0.4, 0.5) is 8.78 Å². The van der Waals surface area contributed by atoms with Crippen molar-refractivity contribution < 1.29 is 33.0 Å². The zero-order chi connectivity index (χ0) is 31.1. The predicted molar refractivity (Wildman–Crippen MR) is 153 cm³/mol. The fourth-order valence-electron chi connectivity index (χ4n) is 6.84. The van der Waals surface area contributed by atoms with Crippen LogP contribution in [0.1, 0.15) is 100 Å². The van der Waals surface area contributed by atoms with Crippen LogP contribution >= 0.6 is 11.6 Å². The molecule has 43 heavy (non-hydrogen) atoms. The molecule has 0 radical (unpaired) electrons. The maximum absolute atomic E-state index is 14.3. The predicted octanol–water partition coefficient (Wildman–Crippen LogP) is 5.36. The molecule has 1 N–H and O–H groups in total. The quantitative estimate of drug-likeness (QED) is 0.401. The molecule has 2 amide bonds. The minimum atomic E-state index is -2.81. The van der Waals surface area contributed by atoms with E-state index in [4.69, 9.17) is 16.3 Å². The highest BCUT2D eigenvalue weighted by Gasteiger charge is 2.50. The zero-order valence-corrected chi connectivity index (χ0v) is 25.4. The van der Waals surface area contributed by atoms with Gasteiger partial charge in [-0.3, -0.25) is 14.4 Å². The third kappa shape index (κ3) is 5.82. The van der Waals surface area contributed by atoms with Crippen molar-refractivity contribution in [3.63, 3.8) is 0 Å². The van der Waals surface area contributed by atoms with Crippen LogP contribution in [0.5, 0.6) is 5.75 Å². The number of ether oxygens (including phenoxy) is 1. The number of hydrogen-bond acceptors (Lipinski definition) is 6. The summed E-state index contributed by atoms with van der Waals surface area (Å²) in [6.45, 7) is 5.85. The topological polar surface area (TPSA) is 118 Å². The summed E-state index contributed by atoms with van der Waals surface area (Å²) in [5, 5.41) is 18.5. The SMILES string of the molecule is CC(C)n1nnc(COc2ccc(Cl)c3c2[C@@H](CN2CCCC2=O)N(C(=O)C2CCCCC2(C)C(=O)O)CC3)c1C(F)F. The van der Waals surface area contributed by atoms with Crippen molar-refractivity contribution in [3.05, 3.63) is 39.7 Å². The van der Waals surface area contributed by atoms with Gasteiger partial charge in [-0.2, -0.15) is 0 Å². The van der Waals surface area contributed by atoms with Crippen molar-refractivity contribution >= 4 is 29.4 Å². The van der Waals surface area contributed by atoms with E-state index in [1.54, 1.807) is 42.7 Å². The Morgan fingerprint density at radius 1 is 1.19 bits per heavy atom. The van der Waals surface area contributed by atoms with Crippen molar-refractivity contribution in [2.75, 3.05) is 19.6 Å².